The molecule has 2 N–H and O–H groups in total. The molecule has 5 rings (SSSR count). The third-order valence-corrected chi connectivity index (χ3v) is 5.87. The Kier molecular flexibility index (Phi) is 5.13. The van der Waals surface area contributed by atoms with Gasteiger partial charge in [0, 0.05) is 24.5 Å². The lowest BCUT2D eigenvalue weighted by atomic mass is 10.1. The summed E-state index contributed by atoms with van der Waals surface area (Å²) in [6.07, 6.45) is 6.35. The van der Waals surface area contributed by atoms with Gasteiger partial charge in [-0.25, -0.2) is 9.97 Å². The molecule has 0 radical (unpaired) electrons. The maximum atomic E-state index is 4.93. The minimum Gasteiger partial charge on any atom is -0.336 e. The lowest BCUT2D eigenvalue weighted by Crippen LogP contribution is -2.11. The molecule has 0 fully saturated rings. The monoisotopic (exact) mass is 427 g/mol. The number of aromatic nitrogens is 6. The van der Waals surface area contributed by atoms with E-state index in [-0.39, 0.29) is 0 Å². The molecule has 7 nitrogen and oxygen atoms in total. The number of thiophene rings is 1. The fraction of sp³-hybridized carbons (Fsp3) is 0.174. The standard InChI is InChI=1S/C23H21N7S/c1-3-9-24-22(19-14(2)6-7-16(28-19)15-12-26-27-13-15)23-29-17-8-10-25-21(20(17)30-23)18-5-4-11-31-18/h4-8,10-13H,3,9H2,1-2H3,(H,26,27)(H,29,30). The highest BCUT2D eigenvalue weighted by molar-refractivity contribution is 7.13. The van der Waals surface area contributed by atoms with Crippen LogP contribution in [0.4, 0.5) is 0 Å². The molecule has 8 heteroatoms. The van der Waals surface area contributed by atoms with Crippen molar-refractivity contribution >= 4 is 28.1 Å². The highest BCUT2D eigenvalue weighted by Gasteiger charge is 2.19. The highest BCUT2D eigenvalue weighted by atomic mass is 32.1. The van der Waals surface area contributed by atoms with Crippen LogP contribution in [0.15, 0.2) is 59.3 Å². The molecule has 5 aromatic heterocycles. The first kappa shape index (κ1) is 19.3. The molecule has 0 amide bonds. The number of pyridine rings is 2. The molecular weight excluding hydrogens is 406 g/mol. The highest BCUT2D eigenvalue weighted by Crippen LogP contribution is 2.29. The van der Waals surface area contributed by atoms with Crippen molar-refractivity contribution in [2.45, 2.75) is 20.3 Å². The lowest BCUT2D eigenvalue weighted by molar-refractivity contribution is 0.928. The molecule has 5 aromatic rings. The van der Waals surface area contributed by atoms with E-state index in [4.69, 9.17) is 15.0 Å². The van der Waals surface area contributed by atoms with Crippen molar-refractivity contribution in [1.82, 2.24) is 30.1 Å². The predicted octanol–water partition coefficient (Wildman–Crippen LogP) is 5.03. The Morgan fingerprint density at radius 1 is 1.16 bits per heavy atom. The Hall–Kier alpha value is -3.65. The SMILES string of the molecule is CCCN=C(c1nc2c(-c3cccs3)nccc2[nH]1)c1nc(-c2cn[nH]c2)ccc1C. The van der Waals surface area contributed by atoms with Gasteiger partial charge in [0.1, 0.15) is 16.9 Å². The molecular formula is C23H21N7S. The summed E-state index contributed by atoms with van der Waals surface area (Å²) in [7, 11) is 0. The fourth-order valence-corrected chi connectivity index (χ4v) is 4.17. The van der Waals surface area contributed by atoms with E-state index in [0.717, 1.165) is 56.3 Å². The van der Waals surface area contributed by atoms with Gasteiger partial charge in [-0.15, -0.1) is 11.3 Å². The molecule has 0 unspecified atom stereocenters. The number of hydrogen-bond acceptors (Lipinski definition) is 6. The van der Waals surface area contributed by atoms with Crippen molar-refractivity contribution < 1.29 is 0 Å². The number of fused-ring (bicyclic) bond motifs is 1. The number of hydrogen-bond donors (Lipinski definition) is 2. The molecule has 0 spiro atoms. The lowest BCUT2D eigenvalue weighted by Gasteiger charge is -2.09. The number of aromatic amines is 2. The zero-order chi connectivity index (χ0) is 21.2. The summed E-state index contributed by atoms with van der Waals surface area (Å²) in [5, 5.41) is 8.94. The Balaban J connectivity index is 1.66. The Morgan fingerprint density at radius 2 is 2.10 bits per heavy atom. The zero-order valence-corrected chi connectivity index (χ0v) is 18.1. The van der Waals surface area contributed by atoms with Crippen LogP contribution in [0.3, 0.4) is 0 Å². The van der Waals surface area contributed by atoms with Crippen LogP contribution in [0.5, 0.6) is 0 Å². The minimum atomic E-state index is 0.694. The predicted molar refractivity (Wildman–Crippen MR) is 125 cm³/mol. The van der Waals surface area contributed by atoms with Crippen molar-refractivity contribution in [3.63, 3.8) is 0 Å². The topological polar surface area (TPSA) is 95.5 Å². The van der Waals surface area contributed by atoms with Gasteiger partial charge in [-0.05, 0) is 42.5 Å². The summed E-state index contributed by atoms with van der Waals surface area (Å²) < 4.78 is 0. The van der Waals surface area contributed by atoms with Crippen LogP contribution in [0, 0.1) is 6.92 Å². The van der Waals surface area contributed by atoms with Gasteiger partial charge in [-0.1, -0.05) is 19.1 Å². The molecule has 154 valence electrons. The Morgan fingerprint density at radius 3 is 2.87 bits per heavy atom. The van der Waals surface area contributed by atoms with Crippen molar-refractivity contribution in [3.05, 3.63) is 71.4 Å². The smallest absolute Gasteiger partial charge is 0.159 e. The summed E-state index contributed by atoms with van der Waals surface area (Å²) in [4.78, 5) is 23.9. The number of nitrogens with zero attached hydrogens (tertiary/aromatic N) is 5. The van der Waals surface area contributed by atoms with Gasteiger partial charge in [-0.3, -0.25) is 15.1 Å². The van der Waals surface area contributed by atoms with E-state index in [0.29, 0.717) is 12.4 Å². The Labute approximate surface area is 183 Å². The van der Waals surface area contributed by atoms with Gasteiger partial charge in [0.25, 0.3) is 0 Å². The normalized spacial score (nSPS) is 12.0. The van der Waals surface area contributed by atoms with Crippen LogP contribution in [0.25, 0.3) is 32.9 Å². The van der Waals surface area contributed by atoms with E-state index in [9.17, 15) is 0 Å². The van der Waals surface area contributed by atoms with Gasteiger partial charge in [0.05, 0.1) is 28.0 Å². The van der Waals surface area contributed by atoms with Gasteiger partial charge in [0.15, 0.2) is 5.82 Å². The average Bonchev–Trinajstić information content (AvgIpc) is 3.56. The van der Waals surface area contributed by atoms with Crippen molar-refractivity contribution in [3.8, 4) is 21.8 Å². The molecule has 0 saturated heterocycles. The maximum Gasteiger partial charge on any atom is 0.159 e. The van der Waals surface area contributed by atoms with E-state index in [1.807, 2.05) is 42.9 Å². The molecule has 0 aromatic carbocycles. The second-order valence-electron chi connectivity index (χ2n) is 7.20. The van der Waals surface area contributed by atoms with Crippen LogP contribution >= 0.6 is 11.3 Å². The summed E-state index contributed by atoms with van der Waals surface area (Å²) in [6.45, 7) is 4.85. The first-order chi connectivity index (χ1) is 15.2. The van der Waals surface area contributed by atoms with Crippen molar-refractivity contribution in [2.75, 3.05) is 6.54 Å². The van der Waals surface area contributed by atoms with E-state index >= 15 is 0 Å². The van der Waals surface area contributed by atoms with Crippen molar-refractivity contribution in [2.24, 2.45) is 4.99 Å². The number of imidazole rings is 1. The average molecular weight is 428 g/mol. The zero-order valence-electron chi connectivity index (χ0n) is 17.3. The number of aryl methyl sites for hydroxylation is 1. The van der Waals surface area contributed by atoms with Crippen LogP contribution in [-0.4, -0.2) is 42.4 Å². The van der Waals surface area contributed by atoms with Gasteiger partial charge in [0.2, 0.25) is 0 Å². The van der Waals surface area contributed by atoms with Gasteiger partial charge < -0.3 is 4.98 Å². The molecule has 31 heavy (non-hydrogen) atoms. The summed E-state index contributed by atoms with van der Waals surface area (Å²) in [5.41, 5.74) is 7.05. The number of rotatable bonds is 6. The van der Waals surface area contributed by atoms with Crippen LogP contribution in [-0.2, 0) is 0 Å². The first-order valence-corrected chi connectivity index (χ1v) is 11.0. The summed E-state index contributed by atoms with van der Waals surface area (Å²) >= 11 is 1.65. The minimum absolute atomic E-state index is 0.694. The molecule has 5 heterocycles. The van der Waals surface area contributed by atoms with E-state index in [1.54, 1.807) is 17.5 Å². The van der Waals surface area contributed by atoms with Gasteiger partial charge in [-0.2, -0.15) is 5.10 Å². The Bertz CT molecular complexity index is 1350. The van der Waals surface area contributed by atoms with Crippen LogP contribution in [0.2, 0.25) is 0 Å². The quantitative estimate of drug-likeness (QED) is 0.372. The summed E-state index contributed by atoms with van der Waals surface area (Å²) in [6, 6.07) is 10.1. The first-order valence-electron chi connectivity index (χ1n) is 10.1. The molecule has 0 saturated carbocycles. The second-order valence-corrected chi connectivity index (χ2v) is 8.15. The third kappa shape index (κ3) is 3.66. The van der Waals surface area contributed by atoms with Crippen LogP contribution in [0.1, 0.15) is 30.4 Å². The molecule has 0 aliphatic heterocycles. The number of nitrogens with one attached hydrogen (secondary N) is 2. The summed E-state index contributed by atoms with van der Waals surface area (Å²) in [5.74, 6) is 0.703. The molecule has 0 atom stereocenters. The van der Waals surface area contributed by atoms with Crippen LogP contribution < -0.4 is 0 Å². The molecule has 0 aliphatic carbocycles. The van der Waals surface area contributed by atoms with E-state index in [2.05, 4.69) is 39.2 Å². The fourth-order valence-electron chi connectivity index (χ4n) is 3.45. The third-order valence-electron chi connectivity index (χ3n) is 4.99. The number of aliphatic imine (C=N–C) groups is 1. The molecule has 0 aliphatic rings. The number of H-pyrrole nitrogens is 2. The maximum absolute atomic E-state index is 4.93. The van der Waals surface area contributed by atoms with Gasteiger partial charge >= 0.3 is 0 Å². The molecule has 0 bridgehead atoms. The van der Waals surface area contributed by atoms with Crippen molar-refractivity contribution in [1.29, 1.82) is 0 Å². The second kappa shape index (κ2) is 8.23. The van der Waals surface area contributed by atoms with E-state index in [1.165, 1.54) is 0 Å². The van der Waals surface area contributed by atoms with E-state index < -0.39 is 0 Å². The largest absolute Gasteiger partial charge is 0.336 e.